The molecule has 1 aromatic carbocycles. The average Bonchev–Trinajstić information content (AvgIpc) is 2.44. The second-order valence-corrected chi connectivity index (χ2v) is 8.42. The summed E-state index contributed by atoms with van der Waals surface area (Å²) in [4.78, 5) is 0.161. The zero-order valence-corrected chi connectivity index (χ0v) is 15.3. The first-order valence-corrected chi connectivity index (χ1v) is 8.95. The van der Waals surface area contributed by atoms with Crippen LogP contribution in [0.2, 0.25) is 0 Å². The monoisotopic (exact) mass is 378 g/mol. The van der Waals surface area contributed by atoms with Crippen LogP contribution in [0.15, 0.2) is 27.6 Å². The van der Waals surface area contributed by atoms with Crippen molar-refractivity contribution >= 4 is 26.0 Å². The van der Waals surface area contributed by atoms with Crippen LogP contribution in [0.25, 0.3) is 0 Å². The van der Waals surface area contributed by atoms with Gasteiger partial charge in [0.1, 0.15) is 10.6 Å². The molecule has 2 N–H and O–H groups in total. The van der Waals surface area contributed by atoms with Crippen LogP contribution in [0, 0.1) is 5.41 Å². The number of hydrogen-bond acceptors (Lipinski definition) is 4. The lowest BCUT2D eigenvalue weighted by Crippen LogP contribution is -2.42. The number of halogens is 1. The van der Waals surface area contributed by atoms with Gasteiger partial charge in [-0.2, -0.15) is 4.31 Å². The zero-order chi connectivity index (χ0) is 16.3. The number of hydrogen-bond donors (Lipinski definition) is 1. The minimum absolute atomic E-state index is 0.161. The highest BCUT2D eigenvalue weighted by atomic mass is 79.9. The molecule has 0 amide bonds. The molecule has 0 aliphatic heterocycles. The maximum Gasteiger partial charge on any atom is 0.246 e. The number of nitrogens with two attached hydrogens (primary N) is 1. The van der Waals surface area contributed by atoms with Crippen LogP contribution in [0.5, 0.6) is 5.75 Å². The van der Waals surface area contributed by atoms with Gasteiger partial charge < -0.3 is 10.5 Å². The molecule has 5 nitrogen and oxygen atoms in total. The Morgan fingerprint density at radius 1 is 1.38 bits per heavy atom. The number of nitrogens with zero attached hydrogens (tertiary/aromatic N) is 1. The summed E-state index contributed by atoms with van der Waals surface area (Å²) in [6.07, 6.45) is 0. The molecule has 0 heterocycles. The fourth-order valence-electron chi connectivity index (χ4n) is 1.90. The number of sulfonamides is 1. The second-order valence-electron chi connectivity index (χ2n) is 5.59. The van der Waals surface area contributed by atoms with E-state index in [2.05, 4.69) is 15.9 Å². The largest absolute Gasteiger partial charge is 0.495 e. The van der Waals surface area contributed by atoms with Crippen LogP contribution in [-0.2, 0) is 10.0 Å². The molecule has 0 saturated heterocycles. The topological polar surface area (TPSA) is 72.6 Å². The second kappa shape index (κ2) is 7.09. The molecule has 0 aliphatic rings. The van der Waals surface area contributed by atoms with Crippen molar-refractivity contribution in [3.05, 3.63) is 22.7 Å². The summed E-state index contributed by atoms with van der Waals surface area (Å²) in [5.74, 6) is 0.335. The lowest BCUT2D eigenvalue weighted by atomic mass is 9.94. The van der Waals surface area contributed by atoms with Crippen LogP contribution < -0.4 is 10.5 Å². The quantitative estimate of drug-likeness (QED) is 0.790. The Morgan fingerprint density at radius 2 is 2.00 bits per heavy atom. The number of ether oxygens (including phenoxy) is 1. The number of benzene rings is 1. The molecule has 0 bridgehead atoms. The summed E-state index contributed by atoms with van der Waals surface area (Å²) >= 11 is 3.31. The Labute approximate surface area is 135 Å². The maximum atomic E-state index is 12.9. The summed E-state index contributed by atoms with van der Waals surface area (Å²) < 4.78 is 33.1. The van der Waals surface area contributed by atoms with Gasteiger partial charge in [0.05, 0.1) is 7.11 Å². The Bertz CT molecular complexity index is 588. The highest BCUT2D eigenvalue weighted by molar-refractivity contribution is 9.10. The first kappa shape index (κ1) is 18.4. The minimum atomic E-state index is -3.64. The average molecular weight is 379 g/mol. The van der Waals surface area contributed by atoms with E-state index in [1.54, 1.807) is 18.2 Å². The van der Waals surface area contributed by atoms with Gasteiger partial charge in [-0.1, -0.05) is 36.7 Å². The molecule has 7 heteroatoms. The summed E-state index contributed by atoms with van der Waals surface area (Å²) in [5.41, 5.74) is 5.43. The van der Waals surface area contributed by atoms with E-state index in [0.717, 1.165) is 0 Å². The van der Waals surface area contributed by atoms with Gasteiger partial charge in [-0.3, -0.25) is 0 Å². The van der Waals surface area contributed by atoms with Crippen molar-refractivity contribution in [3.8, 4) is 5.75 Å². The molecule has 1 aromatic rings. The minimum Gasteiger partial charge on any atom is -0.495 e. The molecule has 0 aliphatic carbocycles. The Morgan fingerprint density at radius 3 is 2.48 bits per heavy atom. The molecule has 0 unspecified atom stereocenters. The van der Waals surface area contributed by atoms with Gasteiger partial charge in [0.2, 0.25) is 10.0 Å². The molecule has 0 atom stereocenters. The van der Waals surface area contributed by atoms with Crippen molar-refractivity contribution in [1.82, 2.24) is 4.31 Å². The van der Waals surface area contributed by atoms with Gasteiger partial charge >= 0.3 is 0 Å². The van der Waals surface area contributed by atoms with Gasteiger partial charge in [0.25, 0.3) is 0 Å². The highest BCUT2D eigenvalue weighted by Gasteiger charge is 2.31. The third kappa shape index (κ3) is 4.42. The van der Waals surface area contributed by atoms with Crippen molar-refractivity contribution in [2.45, 2.75) is 25.7 Å². The van der Waals surface area contributed by atoms with E-state index in [1.807, 2.05) is 20.8 Å². The van der Waals surface area contributed by atoms with Crippen LogP contribution in [0.3, 0.4) is 0 Å². The molecule has 120 valence electrons. The van der Waals surface area contributed by atoms with Crippen molar-refractivity contribution in [1.29, 1.82) is 0 Å². The van der Waals surface area contributed by atoms with E-state index in [1.165, 1.54) is 11.4 Å². The molecule has 0 radical (unpaired) electrons. The molecule has 0 fully saturated rings. The van der Waals surface area contributed by atoms with E-state index < -0.39 is 10.0 Å². The van der Waals surface area contributed by atoms with E-state index >= 15 is 0 Å². The molecular weight excluding hydrogens is 356 g/mol. The highest BCUT2D eigenvalue weighted by Crippen LogP contribution is 2.31. The van der Waals surface area contributed by atoms with Crippen molar-refractivity contribution in [2.75, 3.05) is 26.7 Å². The van der Waals surface area contributed by atoms with Gasteiger partial charge in [0.15, 0.2) is 0 Å². The Hall–Kier alpha value is -0.630. The molecule has 0 saturated carbocycles. The molecule has 0 aromatic heterocycles. The van der Waals surface area contributed by atoms with Gasteiger partial charge in [-0.15, -0.1) is 0 Å². The maximum absolute atomic E-state index is 12.9. The van der Waals surface area contributed by atoms with Crippen LogP contribution >= 0.6 is 15.9 Å². The predicted molar refractivity (Wildman–Crippen MR) is 88.0 cm³/mol. The normalized spacial score (nSPS) is 12.7. The standard InChI is InChI=1S/C14H23BrN2O3S/c1-5-17(10-14(2,3)9-16)21(18,19)13-8-11(15)6-7-12(13)20-4/h6-8H,5,9-10,16H2,1-4H3. The van der Waals surface area contributed by atoms with E-state index in [9.17, 15) is 8.42 Å². The molecule has 21 heavy (non-hydrogen) atoms. The smallest absolute Gasteiger partial charge is 0.246 e. The van der Waals surface area contributed by atoms with Crippen LogP contribution in [0.4, 0.5) is 0 Å². The van der Waals surface area contributed by atoms with E-state index in [-0.39, 0.29) is 10.3 Å². The Kier molecular flexibility index (Phi) is 6.22. The SMILES string of the molecule is CCN(CC(C)(C)CN)S(=O)(=O)c1cc(Br)ccc1OC. The number of rotatable bonds is 7. The summed E-state index contributed by atoms with van der Waals surface area (Å²) in [5, 5.41) is 0. The van der Waals surface area contributed by atoms with E-state index in [0.29, 0.717) is 29.9 Å². The van der Waals surface area contributed by atoms with E-state index in [4.69, 9.17) is 10.5 Å². The van der Waals surface area contributed by atoms with Crippen molar-refractivity contribution in [2.24, 2.45) is 11.1 Å². The number of methoxy groups -OCH3 is 1. The first-order valence-electron chi connectivity index (χ1n) is 6.71. The van der Waals surface area contributed by atoms with Gasteiger partial charge in [-0.05, 0) is 30.2 Å². The Balaban J connectivity index is 3.28. The molecule has 1 rings (SSSR count). The summed E-state index contributed by atoms with van der Waals surface area (Å²) in [7, 11) is -2.18. The lowest BCUT2D eigenvalue weighted by molar-refractivity contribution is 0.272. The third-order valence-electron chi connectivity index (χ3n) is 3.25. The zero-order valence-electron chi connectivity index (χ0n) is 12.9. The summed E-state index contributed by atoms with van der Waals surface area (Å²) in [6.45, 7) is 6.86. The molecular formula is C14H23BrN2O3S. The van der Waals surface area contributed by atoms with Gasteiger partial charge in [-0.25, -0.2) is 8.42 Å². The summed E-state index contributed by atoms with van der Waals surface area (Å²) in [6, 6.07) is 4.95. The first-order chi connectivity index (χ1) is 9.67. The van der Waals surface area contributed by atoms with Crippen LogP contribution in [0.1, 0.15) is 20.8 Å². The van der Waals surface area contributed by atoms with Gasteiger partial charge in [0, 0.05) is 17.6 Å². The fraction of sp³-hybridized carbons (Fsp3) is 0.571. The lowest BCUT2D eigenvalue weighted by Gasteiger charge is -2.30. The van der Waals surface area contributed by atoms with Crippen molar-refractivity contribution in [3.63, 3.8) is 0 Å². The third-order valence-corrected chi connectivity index (χ3v) is 5.69. The van der Waals surface area contributed by atoms with Crippen molar-refractivity contribution < 1.29 is 13.2 Å². The van der Waals surface area contributed by atoms with Crippen LogP contribution in [-0.4, -0.2) is 39.5 Å². The predicted octanol–water partition coefficient (Wildman–Crippen LogP) is 2.45. The molecule has 0 spiro atoms. The fourth-order valence-corrected chi connectivity index (χ4v) is 4.23.